The van der Waals surface area contributed by atoms with Crippen LogP contribution in [0.25, 0.3) is 0 Å². The van der Waals surface area contributed by atoms with Crippen LogP contribution in [0.2, 0.25) is 0 Å². The highest BCUT2D eigenvalue weighted by Crippen LogP contribution is 2.39. The van der Waals surface area contributed by atoms with Crippen molar-refractivity contribution < 1.29 is 4.74 Å². The van der Waals surface area contributed by atoms with Crippen LogP contribution in [-0.2, 0) is 4.74 Å². The first-order valence-electron chi connectivity index (χ1n) is 8.88. The van der Waals surface area contributed by atoms with Gasteiger partial charge in [0.05, 0.1) is 0 Å². The second-order valence-electron chi connectivity index (χ2n) is 8.37. The Labute approximate surface area is 131 Å². The smallest absolute Gasteiger partial charge is 0.0477 e. The van der Waals surface area contributed by atoms with Crippen LogP contribution in [0.1, 0.15) is 66.2 Å². The molecule has 3 nitrogen and oxygen atoms in total. The quantitative estimate of drug-likeness (QED) is 0.860. The van der Waals surface area contributed by atoms with Crippen molar-refractivity contribution in [3.63, 3.8) is 0 Å². The Morgan fingerprint density at radius 2 is 1.90 bits per heavy atom. The Bertz CT molecular complexity index is 318. The van der Waals surface area contributed by atoms with Crippen LogP contribution in [-0.4, -0.2) is 49.3 Å². The first kappa shape index (κ1) is 17.2. The van der Waals surface area contributed by atoms with Gasteiger partial charge >= 0.3 is 0 Å². The average molecular weight is 296 g/mol. The second kappa shape index (κ2) is 6.97. The average Bonchev–Trinajstić information content (AvgIpc) is 2.45. The molecular weight excluding hydrogens is 260 g/mol. The van der Waals surface area contributed by atoms with Crippen molar-refractivity contribution in [3.05, 3.63) is 0 Å². The molecule has 0 aromatic heterocycles. The van der Waals surface area contributed by atoms with Gasteiger partial charge in [-0.25, -0.2) is 0 Å². The van der Waals surface area contributed by atoms with Gasteiger partial charge in [-0.3, -0.25) is 4.90 Å². The summed E-state index contributed by atoms with van der Waals surface area (Å²) in [6.07, 6.45) is 8.10. The zero-order valence-electron chi connectivity index (χ0n) is 14.9. The molecule has 3 heteroatoms. The van der Waals surface area contributed by atoms with Crippen LogP contribution in [0.4, 0.5) is 0 Å². The minimum absolute atomic E-state index is 0.329. The lowest BCUT2D eigenvalue weighted by atomic mass is 9.74. The minimum Gasteiger partial charge on any atom is -0.385 e. The number of piperazine rings is 1. The van der Waals surface area contributed by atoms with E-state index in [2.05, 4.69) is 37.9 Å². The van der Waals surface area contributed by atoms with Crippen molar-refractivity contribution in [1.82, 2.24) is 10.2 Å². The van der Waals surface area contributed by atoms with Crippen LogP contribution in [0, 0.1) is 5.41 Å². The molecule has 124 valence electrons. The van der Waals surface area contributed by atoms with Gasteiger partial charge in [0.1, 0.15) is 0 Å². The van der Waals surface area contributed by atoms with Gasteiger partial charge in [-0.15, -0.1) is 0 Å². The lowest BCUT2D eigenvalue weighted by Gasteiger charge is -2.56. The highest BCUT2D eigenvalue weighted by atomic mass is 16.5. The zero-order chi connectivity index (χ0) is 15.5. The molecule has 2 atom stereocenters. The summed E-state index contributed by atoms with van der Waals surface area (Å²) in [4.78, 5) is 2.84. The van der Waals surface area contributed by atoms with Gasteiger partial charge in [0.2, 0.25) is 0 Å². The maximum atomic E-state index is 5.33. The molecule has 1 aliphatic heterocycles. The predicted octanol–water partition coefficient (Wildman–Crippen LogP) is 3.43. The van der Waals surface area contributed by atoms with Crippen LogP contribution < -0.4 is 5.32 Å². The van der Waals surface area contributed by atoms with Crippen molar-refractivity contribution >= 4 is 0 Å². The van der Waals surface area contributed by atoms with Crippen molar-refractivity contribution in [2.24, 2.45) is 5.41 Å². The van der Waals surface area contributed by atoms with E-state index in [-0.39, 0.29) is 0 Å². The Morgan fingerprint density at radius 3 is 2.48 bits per heavy atom. The van der Waals surface area contributed by atoms with Crippen LogP contribution in [0.3, 0.4) is 0 Å². The van der Waals surface area contributed by atoms with E-state index >= 15 is 0 Å². The first-order valence-corrected chi connectivity index (χ1v) is 8.88. The maximum absolute atomic E-state index is 5.33. The van der Waals surface area contributed by atoms with E-state index in [1.165, 1.54) is 45.2 Å². The van der Waals surface area contributed by atoms with E-state index in [0.29, 0.717) is 23.0 Å². The fourth-order valence-electron chi connectivity index (χ4n) is 4.22. The molecule has 1 saturated heterocycles. The van der Waals surface area contributed by atoms with Crippen molar-refractivity contribution in [1.29, 1.82) is 0 Å². The molecule has 0 amide bonds. The van der Waals surface area contributed by atoms with Gasteiger partial charge in [0.25, 0.3) is 0 Å². The normalized spacial score (nSPS) is 28.7. The number of ether oxygens (including phenoxy) is 1. The highest BCUT2D eigenvalue weighted by Gasteiger charge is 2.45. The molecule has 2 unspecified atom stereocenters. The second-order valence-corrected chi connectivity index (χ2v) is 8.37. The van der Waals surface area contributed by atoms with Gasteiger partial charge in [-0.2, -0.15) is 0 Å². The molecule has 2 aliphatic rings. The molecule has 0 radical (unpaired) electrons. The van der Waals surface area contributed by atoms with Gasteiger partial charge in [-0.05, 0) is 31.6 Å². The zero-order valence-corrected chi connectivity index (χ0v) is 14.9. The molecule has 0 aromatic carbocycles. The first-order chi connectivity index (χ1) is 9.89. The van der Waals surface area contributed by atoms with Gasteiger partial charge in [0, 0.05) is 44.4 Å². The highest BCUT2D eigenvalue weighted by molar-refractivity contribution is 5.04. The number of nitrogens with zero attached hydrogens (tertiary/aromatic N) is 1. The summed E-state index contributed by atoms with van der Waals surface area (Å²) in [5, 5.41) is 3.89. The van der Waals surface area contributed by atoms with Crippen LogP contribution >= 0.6 is 0 Å². The number of hydrogen-bond donors (Lipinski definition) is 1. The van der Waals surface area contributed by atoms with E-state index < -0.39 is 0 Å². The summed E-state index contributed by atoms with van der Waals surface area (Å²) >= 11 is 0. The topological polar surface area (TPSA) is 24.5 Å². The van der Waals surface area contributed by atoms with E-state index in [1.807, 2.05) is 7.11 Å². The number of methoxy groups -OCH3 is 1. The summed E-state index contributed by atoms with van der Waals surface area (Å²) < 4.78 is 5.33. The standard InChI is InChI=1S/C18H36N2O/c1-15(9-12-21-5)20-13-16(17(2,3)4)19-14-18(20)10-7-6-8-11-18/h15-16,19H,6-14H2,1-5H3. The summed E-state index contributed by atoms with van der Waals surface area (Å²) in [7, 11) is 1.82. The maximum Gasteiger partial charge on any atom is 0.0477 e. The largest absolute Gasteiger partial charge is 0.385 e. The Morgan fingerprint density at radius 1 is 1.24 bits per heavy atom. The summed E-state index contributed by atoms with van der Waals surface area (Å²) in [6, 6.07) is 1.21. The third kappa shape index (κ3) is 4.00. The minimum atomic E-state index is 0.329. The van der Waals surface area contributed by atoms with Gasteiger partial charge < -0.3 is 10.1 Å². The predicted molar refractivity (Wildman–Crippen MR) is 89.7 cm³/mol. The number of hydrogen-bond acceptors (Lipinski definition) is 3. The molecule has 2 fully saturated rings. The van der Waals surface area contributed by atoms with Crippen LogP contribution in [0.15, 0.2) is 0 Å². The molecule has 0 bridgehead atoms. The van der Waals surface area contributed by atoms with Crippen molar-refractivity contribution in [2.45, 2.75) is 83.8 Å². The summed E-state index contributed by atoms with van der Waals surface area (Å²) in [5.41, 5.74) is 0.739. The summed E-state index contributed by atoms with van der Waals surface area (Å²) in [6.45, 7) is 12.7. The molecule has 1 aliphatic carbocycles. The molecule has 1 spiro atoms. The fraction of sp³-hybridized carbons (Fsp3) is 1.00. The van der Waals surface area contributed by atoms with E-state index in [9.17, 15) is 0 Å². The third-order valence-electron chi connectivity index (χ3n) is 5.77. The molecular formula is C18H36N2O. The lowest BCUT2D eigenvalue weighted by Crippen LogP contribution is -2.69. The Kier molecular flexibility index (Phi) is 5.72. The molecule has 21 heavy (non-hydrogen) atoms. The molecule has 1 N–H and O–H groups in total. The lowest BCUT2D eigenvalue weighted by molar-refractivity contribution is -0.0409. The molecule has 1 saturated carbocycles. The SMILES string of the molecule is COCCC(C)N1CC(C(C)(C)C)NCC12CCCCC2. The van der Waals surface area contributed by atoms with Gasteiger partial charge in [0.15, 0.2) is 0 Å². The number of nitrogens with one attached hydrogen (secondary N) is 1. The van der Waals surface area contributed by atoms with E-state index in [4.69, 9.17) is 4.74 Å². The molecule has 0 aromatic rings. The van der Waals surface area contributed by atoms with Crippen molar-refractivity contribution in [3.8, 4) is 0 Å². The Balaban J connectivity index is 2.13. The van der Waals surface area contributed by atoms with E-state index in [1.54, 1.807) is 0 Å². The summed E-state index contributed by atoms with van der Waals surface area (Å²) in [5.74, 6) is 0. The molecule has 2 rings (SSSR count). The van der Waals surface area contributed by atoms with Crippen molar-refractivity contribution in [2.75, 3.05) is 26.8 Å². The van der Waals surface area contributed by atoms with Crippen LogP contribution in [0.5, 0.6) is 0 Å². The monoisotopic (exact) mass is 296 g/mol. The number of rotatable bonds is 4. The Hall–Kier alpha value is -0.120. The fourth-order valence-corrected chi connectivity index (χ4v) is 4.22. The molecule has 1 heterocycles. The third-order valence-corrected chi connectivity index (χ3v) is 5.77. The van der Waals surface area contributed by atoms with E-state index in [0.717, 1.165) is 13.0 Å². The van der Waals surface area contributed by atoms with Gasteiger partial charge in [-0.1, -0.05) is 40.0 Å².